The highest BCUT2D eigenvalue weighted by molar-refractivity contribution is 4.90. The van der Waals surface area contributed by atoms with Crippen molar-refractivity contribution in [1.29, 1.82) is 0 Å². The van der Waals surface area contributed by atoms with Gasteiger partial charge in [-0.1, -0.05) is 0 Å². The number of rotatable bonds is 6. The Morgan fingerprint density at radius 2 is 2.33 bits per heavy atom. The summed E-state index contributed by atoms with van der Waals surface area (Å²) in [6, 6.07) is 0.312. The van der Waals surface area contributed by atoms with E-state index in [1.54, 1.807) is 0 Å². The molecule has 4 heteroatoms. The third-order valence-electron chi connectivity index (χ3n) is 2.53. The highest BCUT2D eigenvalue weighted by atomic mass is 15.1. The quantitative estimate of drug-likeness (QED) is 0.761. The maximum absolute atomic E-state index is 5.70. The van der Waals surface area contributed by atoms with Crippen LogP contribution in [0.15, 0.2) is 12.4 Å². The first-order valence-electron chi connectivity index (χ1n) is 5.50. The second-order valence-electron chi connectivity index (χ2n) is 4.31. The summed E-state index contributed by atoms with van der Waals surface area (Å²) in [6.45, 7) is 4.04. The van der Waals surface area contributed by atoms with E-state index in [-0.39, 0.29) is 0 Å². The summed E-state index contributed by atoms with van der Waals surface area (Å²) in [5, 5.41) is 0. The standard InChI is InChI=1S/C11H22N4/c1-10(12)5-4-7-14(2)9-11-13-6-8-15(11)3/h6,8,10H,4-5,7,9,12H2,1-3H3. The lowest BCUT2D eigenvalue weighted by Crippen LogP contribution is -2.23. The van der Waals surface area contributed by atoms with Crippen LogP contribution in [-0.2, 0) is 13.6 Å². The third kappa shape index (κ3) is 4.44. The highest BCUT2D eigenvalue weighted by Crippen LogP contribution is 2.01. The summed E-state index contributed by atoms with van der Waals surface area (Å²) >= 11 is 0. The molecule has 0 aliphatic rings. The molecular formula is C11H22N4. The topological polar surface area (TPSA) is 47.1 Å². The van der Waals surface area contributed by atoms with E-state index in [0.29, 0.717) is 6.04 Å². The Hall–Kier alpha value is -0.870. The van der Waals surface area contributed by atoms with Crippen molar-refractivity contribution in [2.24, 2.45) is 12.8 Å². The fourth-order valence-electron chi connectivity index (χ4n) is 1.55. The van der Waals surface area contributed by atoms with Crippen LogP contribution in [0.5, 0.6) is 0 Å². The van der Waals surface area contributed by atoms with Gasteiger partial charge in [0.05, 0.1) is 6.54 Å². The molecule has 0 saturated heterocycles. The summed E-state index contributed by atoms with van der Waals surface area (Å²) in [5.41, 5.74) is 5.70. The third-order valence-corrected chi connectivity index (χ3v) is 2.53. The lowest BCUT2D eigenvalue weighted by Gasteiger charge is -2.16. The predicted molar refractivity (Wildman–Crippen MR) is 62.4 cm³/mol. The van der Waals surface area contributed by atoms with Crippen LogP contribution in [0.25, 0.3) is 0 Å². The molecule has 0 radical (unpaired) electrons. The van der Waals surface area contributed by atoms with Crippen molar-refractivity contribution in [3.05, 3.63) is 18.2 Å². The average molecular weight is 210 g/mol. The molecule has 0 spiro atoms. The number of hydrogen-bond donors (Lipinski definition) is 1. The zero-order valence-corrected chi connectivity index (χ0v) is 9.98. The van der Waals surface area contributed by atoms with Crippen molar-refractivity contribution in [1.82, 2.24) is 14.5 Å². The van der Waals surface area contributed by atoms with E-state index in [0.717, 1.165) is 31.8 Å². The minimum Gasteiger partial charge on any atom is -0.337 e. The lowest BCUT2D eigenvalue weighted by molar-refractivity contribution is 0.304. The number of nitrogens with zero attached hydrogens (tertiary/aromatic N) is 3. The summed E-state index contributed by atoms with van der Waals surface area (Å²) in [4.78, 5) is 6.58. The zero-order valence-electron chi connectivity index (χ0n) is 9.98. The molecule has 15 heavy (non-hydrogen) atoms. The molecule has 2 N–H and O–H groups in total. The van der Waals surface area contributed by atoms with Crippen LogP contribution in [0.1, 0.15) is 25.6 Å². The van der Waals surface area contributed by atoms with Crippen molar-refractivity contribution >= 4 is 0 Å². The maximum atomic E-state index is 5.70. The molecule has 1 aromatic rings. The Labute approximate surface area is 92.1 Å². The molecule has 0 aliphatic heterocycles. The monoisotopic (exact) mass is 210 g/mol. The molecule has 0 saturated carbocycles. The molecule has 0 aromatic carbocycles. The molecule has 1 unspecified atom stereocenters. The molecule has 1 heterocycles. The van der Waals surface area contributed by atoms with Gasteiger partial charge in [0, 0.05) is 25.5 Å². The van der Waals surface area contributed by atoms with Crippen LogP contribution >= 0.6 is 0 Å². The van der Waals surface area contributed by atoms with E-state index in [9.17, 15) is 0 Å². The van der Waals surface area contributed by atoms with E-state index in [2.05, 4.69) is 28.4 Å². The van der Waals surface area contributed by atoms with Gasteiger partial charge in [0.15, 0.2) is 0 Å². The van der Waals surface area contributed by atoms with Crippen LogP contribution in [-0.4, -0.2) is 34.1 Å². The van der Waals surface area contributed by atoms with Crippen LogP contribution in [0.3, 0.4) is 0 Å². The molecule has 0 aliphatic carbocycles. The summed E-state index contributed by atoms with van der Waals surface area (Å²) in [5.74, 6) is 1.11. The van der Waals surface area contributed by atoms with Gasteiger partial charge >= 0.3 is 0 Å². The smallest absolute Gasteiger partial charge is 0.122 e. The van der Waals surface area contributed by atoms with Gasteiger partial charge in [-0.15, -0.1) is 0 Å². The Balaban J connectivity index is 2.24. The molecule has 0 bridgehead atoms. The minimum atomic E-state index is 0.312. The molecule has 1 rings (SSSR count). The minimum absolute atomic E-state index is 0.312. The van der Waals surface area contributed by atoms with Gasteiger partial charge in [0.1, 0.15) is 5.82 Å². The van der Waals surface area contributed by atoms with Crippen molar-refractivity contribution < 1.29 is 0 Å². The average Bonchev–Trinajstić information content (AvgIpc) is 2.51. The summed E-state index contributed by atoms with van der Waals surface area (Å²) < 4.78 is 2.06. The van der Waals surface area contributed by atoms with Gasteiger partial charge in [-0.05, 0) is 33.4 Å². The van der Waals surface area contributed by atoms with Gasteiger partial charge in [-0.3, -0.25) is 4.90 Å². The van der Waals surface area contributed by atoms with E-state index in [1.165, 1.54) is 0 Å². The Kier molecular flexibility index (Phi) is 4.78. The number of hydrogen-bond acceptors (Lipinski definition) is 3. The number of imidazole rings is 1. The van der Waals surface area contributed by atoms with Gasteiger partial charge in [-0.2, -0.15) is 0 Å². The second kappa shape index (κ2) is 5.88. The van der Waals surface area contributed by atoms with Gasteiger partial charge < -0.3 is 10.3 Å². The van der Waals surface area contributed by atoms with Crippen LogP contribution < -0.4 is 5.73 Å². The second-order valence-corrected chi connectivity index (χ2v) is 4.31. The molecule has 4 nitrogen and oxygen atoms in total. The Morgan fingerprint density at radius 1 is 1.60 bits per heavy atom. The van der Waals surface area contributed by atoms with Crippen LogP contribution in [0.4, 0.5) is 0 Å². The van der Waals surface area contributed by atoms with Gasteiger partial charge in [-0.25, -0.2) is 4.98 Å². The Morgan fingerprint density at radius 3 is 2.87 bits per heavy atom. The molecule has 1 atom stereocenters. The van der Waals surface area contributed by atoms with E-state index < -0.39 is 0 Å². The molecular weight excluding hydrogens is 188 g/mol. The lowest BCUT2D eigenvalue weighted by atomic mass is 10.2. The molecule has 86 valence electrons. The fraction of sp³-hybridized carbons (Fsp3) is 0.727. The summed E-state index contributed by atoms with van der Waals surface area (Å²) in [7, 11) is 4.15. The number of aromatic nitrogens is 2. The first-order chi connectivity index (χ1) is 7.09. The van der Waals surface area contributed by atoms with Crippen LogP contribution in [0.2, 0.25) is 0 Å². The van der Waals surface area contributed by atoms with Crippen molar-refractivity contribution in [3.63, 3.8) is 0 Å². The number of aryl methyl sites for hydroxylation is 1. The van der Waals surface area contributed by atoms with Crippen molar-refractivity contribution in [2.75, 3.05) is 13.6 Å². The van der Waals surface area contributed by atoms with E-state index in [4.69, 9.17) is 5.73 Å². The van der Waals surface area contributed by atoms with Crippen LogP contribution in [0, 0.1) is 0 Å². The molecule has 0 amide bonds. The summed E-state index contributed by atoms with van der Waals surface area (Å²) in [6.07, 6.45) is 6.06. The largest absolute Gasteiger partial charge is 0.337 e. The molecule has 1 aromatic heterocycles. The van der Waals surface area contributed by atoms with Crippen molar-refractivity contribution in [3.8, 4) is 0 Å². The normalized spacial score (nSPS) is 13.4. The maximum Gasteiger partial charge on any atom is 0.122 e. The zero-order chi connectivity index (χ0) is 11.3. The number of nitrogens with two attached hydrogens (primary N) is 1. The van der Waals surface area contributed by atoms with Gasteiger partial charge in [0.2, 0.25) is 0 Å². The predicted octanol–water partition coefficient (Wildman–Crippen LogP) is 0.979. The Bertz CT molecular complexity index is 280. The van der Waals surface area contributed by atoms with E-state index >= 15 is 0 Å². The van der Waals surface area contributed by atoms with Gasteiger partial charge in [0.25, 0.3) is 0 Å². The first kappa shape index (κ1) is 12.2. The molecule has 0 fully saturated rings. The fourth-order valence-corrected chi connectivity index (χ4v) is 1.55. The first-order valence-corrected chi connectivity index (χ1v) is 5.50. The highest BCUT2D eigenvalue weighted by Gasteiger charge is 2.04. The SMILES string of the molecule is CC(N)CCCN(C)Cc1nccn1C. The van der Waals surface area contributed by atoms with E-state index in [1.807, 2.05) is 19.4 Å². The van der Waals surface area contributed by atoms with Crippen molar-refractivity contribution in [2.45, 2.75) is 32.4 Å².